The molecule has 0 heterocycles. The van der Waals surface area contributed by atoms with Crippen molar-refractivity contribution in [1.29, 1.82) is 0 Å². The van der Waals surface area contributed by atoms with Crippen LogP contribution in [0.15, 0.2) is 0 Å². The zero-order valence-electron chi connectivity index (χ0n) is 13.1. The lowest BCUT2D eigenvalue weighted by atomic mass is 9.71. The maximum atomic E-state index is 9.54. The number of aliphatic hydroxyl groups excluding tert-OH is 1. The average molecular weight is 254 g/mol. The Balaban J connectivity index is 2.48. The van der Waals surface area contributed by atoms with Crippen molar-refractivity contribution in [2.75, 3.05) is 6.61 Å². The maximum Gasteiger partial charge on any atom is 0.0484 e. The fourth-order valence-corrected chi connectivity index (χ4v) is 3.31. The Kier molecular flexibility index (Phi) is 6.17. The molecule has 0 spiro atoms. The Morgan fingerprint density at radius 2 is 1.44 bits per heavy atom. The van der Waals surface area contributed by atoms with Gasteiger partial charge in [-0.05, 0) is 42.4 Å². The summed E-state index contributed by atoms with van der Waals surface area (Å²) in [5.41, 5.74) is 0.646. The monoisotopic (exact) mass is 254 g/mol. The highest BCUT2D eigenvalue weighted by atomic mass is 16.3. The summed E-state index contributed by atoms with van der Waals surface area (Å²) >= 11 is 0. The van der Waals surface area contributed by atoms with Crippen LogP contribution in [0.3, 0.4) is 0 Å². The fraction of sp³-hybridized carbons (Fsp3) is 1.00. The van der Waals surface area contributed by atoms with Gasteiger partial charge in [0.1, 0.15) is 0 Å². The van der Waals surface area contributed by atoms with Gasteiger partial charge in [0.15, 0.2) is 0 Å². The third kappa shape index (κ3) is 4.57. The first-order valence-corrected chi connectivity index (χ1v) is 8.08. The molecule has 0 aliphatic heterocycles. The van der Waals surface area contributed by atoms with E-state index in [1.165, 1.54) is 51.4 Å². The van der Waals surface area contributed by atoms with Crippen LogP contribution in [-0.4, -0.2) is 11.7 Å². The van der Waals surface area contributed by atoms with E-state index in [1.54, 1.807) is 0 Å². The quantitative estimate of drug-likeness (QED) is 0.633. The molecule has 1 nitrogen and oxygen atoms in total. The number of hydrogen-bond donors (Lipinski definition) is 1. The molecular weight excluding hydrogens is 220 g/mol. The molecule has 1 fully saturated rings. The van der Waals surface area contributed by atoms with Gasteiger partial charge < -0.3 is 5.11 Å². The zero-order valence-corrected chi connectivity index (χ0v) is 13.1. The van der Waals surface area contributed by atoms with E-state index < -0.39 is 0 Å². The Morgan fingerprint density at radius 1 is 0.944 bits per heavy atom. The molecule has 1 aliphatic rings. The SMILES string of the molecule is CCC(C)(CO)CCC(C)(CC)CC1CCCC1. The minimum atomic E-state index is 0.145. The predicted molar refractivity (Wildman–Crippen MR) is 79.7 cm³/mol. The molecule has 0 amide bonds. The van der Waals surface area contributed by atoms with E-state index in [0.29, 0.717) is 12.0 Å². The third-order valence-electron chi connectivity index (χ3n) is 5.68. The van der Waals surface area contributed by atoms with Gasteiger partial charge in [-0.1, -0.05) is 59.8 Å². The summed E-state index contributed by atoms with van der Waals surface area (Å²) in [4.78, 5) is 0. The van der Waals surface area contributed by atoms with Crippen molar-refractivity contribution in [3.8, 4) is 0 Å². The molecule has 0 bridgehead atoms. The Labute approximate surface area is 114 Å². The van der Waals surface area contributed by atoms with Gasteiger partial charge in [-0.15, -0.1) is 0 Å². The molecule has 2 unspecified atom stereocenters. The van der Waals surface area contributed by atoms with E-state index in [-0.39, 0.29) is 5.41 Å². The summed E-state index contributed by atoms with van der Waals surface area (Å²) in [7, 11) is 0. The van der Waals surface area contributed by atoms with Crippen LogP contribution >= 0.6 is 0 Å². The van der Waals surface area contributed by atoms with Crippen molar-refractivity contribution < 1.29 is 5.11 Å². The van der Waals surface area contributed by atoms with Crippen molar-refractivity contribution in [2.45, 2.75) is 85.5 Å². The van der Waals surface area contributed by atoms with Crippen molar-refractivity contribution in [2.24, 2.45) is 16.7 Å². The van der Waals surface area contributed by atoms with Crippen LogP contribution in [0.4, 0.5) is 0 Å². The van der Waals surface area contributed by atoms with Gasteiger partial charge in [-0.25, -0.2) is 0 Å². The topological polar surface area (TPSA) is 20.2 Å². The predicted octanol–water partition coefficient (Wildman–Crippen LogP) is 5.17. The van der Waals surface area contributed by atoms with Crippen molar-refractivity contribution >= 4 is 0 Å². The van der Waals surface area contributed by atoms with E-state index >= 15 is 0 Å². The molecule has 0 aromatic rings. The van der Waals surface area contributed by atoms with Gasteiger partial charge in [0.25, 0.3) is 0 Å². The average Bonchev–Trinajstić information content (AvgIpc) is 2.88. The van der Waals surface area contributed by atoms with Crippen LogP contribution in [0.25, 0.3) is 0 Å². The molecule has 0 radical (unpaired) electrons. The molecule has 1 N–H and O–H groups in total. The minimum Gasteiger partial charge on any atom is -0.396 e. The van der Waals surface area contributed by atoms with Crippen LogP contribution in [0.1, 0.15) is 85.5 Å². The van der Waals surface area contributed by atoms with Gasteiger partial charge >= 0.3 is 0 Å². The van der Waals surface area contributed by atoms with Crippen LogP contribution < -0.4 is 0 Å². The highest BCUT2D eigenvalue weighted by Gasteiger charge is 2.31. The Hall–Kier alpha value is -0.0400. The van der Waals surface area contributed by atoms with Gasteiger partial charge in [0, 0.05) is 6.61 Å². The molecule has 18 heavy (non-hydrogen) atoms. The fourth-order valence-electron chi connectivity index (χ4n) is 3.31. The molecule has 0 aromatic carbocycles. The van der Waals surface area contributed by atoms with Crippen molar-refractivity contribution in [3.05, 3.63) is 0 Å². The summed E-state index contributed by atoms with van der Waals surface area (Å²) in [6, 6.07) is 0. The second-order valence-corrected chi connectivity index (χ2v) is 7.34. The zero-order chi connectivity index (χ0) is 13.6. The second-order valence-electron chi connectivity index (χ2n) is 7.34. The molecule has 0 aromatic heterocycles. The molecule has 0 saturated heterocycles. The first kappa shape index (κ1) is 16.0. The first-order chi connectivity index (χ1) is 8.47. The molecule has 1 saturated carbocycles. The normalized spacial score (nSPS) is 23.8. The van der Waals surface area contributed by atoms with Crippen LogP contribution in [0, 0.1) is 16.7 Å². The van der Waals surface area contributed by atoms with E-state index in [2.05, 4.69) is 27.7 Å². The standard InChI is InChI=1S/C17H34O/c1-5-16(3,13-15-9-7-8-10-15)11-12-17(4,6-2)14-18/h15,18H,5-14H2,1-4H3. The summed E-state index contributed by atoms with van der Waals surface area (Å²) in [6.45, 7) is 9.60. The first-order valence-electron chi connectivity index (χ1n) is 8.08. The Morgan fingerprint density at radius 3 is 1.89 bits per heavy atom. The second kappa shape index (κ2) is 6.93. The molecule has 1 heteroatoms. The maximum absolute atomic E-state index is 9.54. The molecule has 1 aliphatic carbocycles. The smallest absolute Gasteiger partial charge is 0.0484 e. The van der Waals surface area contributed by atoms with E-state index in [4.69, 9.17) is 0 Å². The van der Waals surface area contributed by atoms with Gasteiger partial charge in [-0.3, -0.25) is 0 Å². The summed E-state index contributed by atoms with van der Waals surface area (Å²) in [5.74, 6) is 0.983. The lowest BCUT2D eigenvalue weighted by Crippen LogP contribution is -2.26. The highest BCUT2D eigenvalue weighted by Crippen LogP contribution is 2.43. The lowest BCUT2D eigenvalue weighted by Gasteiger charge is -2.35. The minimum absolute atomic E-state index is 0.145. The van der Waals surface area contributed by atoms with Crippen molar-refractivity contribution in [1.82, 2.24) is 0 Å². The van der Waals surface area contributed by atoms with Gasteiger partial charge in [-0.2, -0.15) is 0 Å². The van der Waals surface area contributed by atoms with Gasteiger partial charge in [0.2, 0.25) is 0 Å². The molecule has 2 atom stereocenters. The largest absolute Gasteiger partial charge is 0.396 e. The molecule has 1 rings (SSSR count). The number of hydrogen-bond acceptors (Lipinski definition) is 1. The summed E-state index contributed by atoms with van der Waals surface area (Å²) in [6.07, 6.45) is 12.1. The lowest BCUT2D eigenvalue weighted by molar-refractivity contribution is 0.0979. The summed E-state index contributed by atoms with van der Waals surface area (Å²) in [5, 5.41) is 9.54. The summed E-state index contributed by atoms with van der Waals surface area (Å²) < 4.78 is 0. The van der Waals surface area contributed by atoms with Crippen LogP contribution in [-0.2, 0) is 0 Å². The number of rotatable bonds is 8. The van der Waals surface area contributed by atoms with E-state index in [0.717, 1.165) is 12.3 Å². The van der Waals surface area contributed by atoms with Crippen molar-refractivity contribution in [3.63, 3.8) is 0 Å². The van der Waals surface area contributed by atoms with Crippen LogP contribution in [0.5, 0.6) is 0 Å². The molecular formula is C17H34O. The molecule has 108 valence electrons. The van der Waals surface area contributed by atoms with Gasteiger partial charge in [0.05, 0.1) is 0 Å². The Bertz CT molecular complexity index is 226. The van der Waals surface area contributed by atoms with E-state index in [1.807, 2.05) is 0 Å². The number of aliphatic hydroxyl groups is 1. The third-order valence-corrected chi connectivity index (χ3v) is 5.68. The van der Waals surface area contributed by atoms with E-state index in [9.17, 15) is 5.11 Å². The van der Waals surface area contributed by atoms with Crippen LogP contribution in [0.2, 0.25) is 0 Å². The highest BCUT2D eigenvalue weighted by molar-refractivity contribution is 4.82.